The molecule has 0 radical (unpaired) electrons. The maximum Gasteiger partial charge on any atom is 0.305 e. The highest BCUT2D eigenvalue weighted by molar-refractivity contribution is 5.70. The average molecular weight is 255 g/mol. The highest BCUT2D eigenvalue weighted by atomic mass is 16.5. The minimum absolute atomic E-state index is 0.216. The average Bonchev–Trinajstić information content (AvgIpc) is 2.33. The van der Waals surface area contributed by atoms with E-state index in [-0.39, 0.29) is 11.9 Å². The zero-order chi connectivity index (χ0) is 13.4. The summed E-state index contributed by atoms with van der Waals surface area (Å²) in [7, 11) is 0. The number of nitrogens with two attached hydrogens (primary N) is 1. The fourth-order valence-corrected chi connectivity index (χ4v) is 1.65. The molecule has 0 unspecified atom stereocenters. The number of ether oxygens (including phenoxy) is 2. The second-order valence-corrected chi connectivity index (χ2v) is 4.45. The summed E-state index contributed by atoms with van der Waals surface area (Å²) in [6, 6.07) is 0. The van der Waals surface area contributed by atoms with Gasteiger partial charge in [0, 0.05) is 31.4 Å². The van der Waals surface area contributed by atoms with Crippen LogP contribution in [0.4, 0.5) is 0 Å². The summed E-state index contributed by atoms with van der Waals surface area (Å²) in [6.07, 6.45) is 3.17. The summed E-state index contributed by atoms with van der Waals surface area (Å²) in [6.45, 7) is 2.59. The van der Waals surface area contributed by atoms with E-state index in [1.807, 2.05) is 6.92 Å². The molecular weight excluding hydrogens is 234 g/mol. The predicted octanol–water partition coefficient (Wildman–Crippen LogP) is 1.66. The molecule has 1 heterocycles. The van der Waals surface area contributed by atoms with Crippen LogP contribution in [0.3, 0.4) is 0 Å². The maximum absolute atomic E-state index is 11.3. The van der Waals surface area contributed by atoms with Crippen LogP contribution in [-0.2, 0) is 19.1 Å². The molecule has 0 amide bonds. The van der Waals surface area contributed by atoms with Gasteiger partial charge in [-0.15, -0.1) is 0 Å². The lowest BCUT2D eigenvalue weighted by atomic mass is 10.1. The van der Waals surface area contributed by atoms with Gasteiger partial charge in [0.05, 0.1) is 13.2 Å². The van der Waals surface area contributed by atoms with Crippen LogP contribution in [0.1, 0.15) is 45.4 Å². The predicted molar refractivity (Wildman–Crippen MR) is 66.5 cm³/mol. The van der Waals surface area contributed by atoms with E-state index in [1.165, 1.54) is 0 Å². The number of esters is 2. The van der Waals surface area contributed by atoms with Crippen molar-refractivity contribution >= 4 is 11.9 Å². The van der Waals surface area contributed by atoms with Gasteiger partial charge in [-0.25, -0.2) is 0 Å². The van der Waals surface area contributed by atoms with Gasteiger partial charge in [0.1, 0.15) is 0 Å². The first-order valence-corrected chi connectivity index (χ1v) is 6.35. The molecule has 0 saturated carbocycles. The Kier molecular flexibility index (Phi) is 6.25. The summed E-state index contributed by atoms with van der Waals surface area (Å²) < 4.78 is 10.2. The zero-order valence-electron chi connectivity index (χ0n) is 10.9. The Hall–Kier alpha value is -1.52. The number of hydrogen-bond donors (Lipinski definition) is 1. The summed E-state index contributed by atoms with van der Waals surface area (Å²) >= 11 is 0. The number of carbonyl (C=O) groups is 2. The molecule has 1 aliphatic rings. The number of hydrogen-bond acceptors (Lipinski definition) is 5. The second kappa shape index (κ2) is 7.74. The molecule has 1 rings (SSSR count). The molecule has 0 aromatic rings. The van der Waals surface area contributed by atoms with Gasteiger partial charge in [0.2, 0.25) is 0 Å². The lowest BCUT2D eigenvalue weighted by Gasteiger charge is -2.11. The van der Waals surface area contributed by atoms with E-state index >= 15 is 0 Å². The van der Waals surface area contributed by atoms with E-state index in [0.717, 1.165) is 5.57 Å². The molecule has 1 aliphatic heterocycles. The third kappa shape index (κ3) is 5.70. The van der Waals surface area contributed by atoms with E-state index in [1.54, 1.807) is 0 Å². The van der Waals surface area contributed by atoms with Crippen molar-refractivity contribution in [1.29, 1.82) is 0 Å². The maximum atomic E-state index is 11.3. The largest absolute Gasteiger partial charge is 0.465 e. The zero-order valence-corrected chi connectivity index (χ0v) is 10.9. The van der Waals surface area contributed by atoms with Gasteiger partial charge >= 0.3 is 11.9 Å². The smallest absolute Gasteiger partial charge is 0.305 e. The summed E-state index contributed by atoms with van der Waals surface area (Å²) in [5, 5.41) is 0. The third-order valence-electron chi connectivity index (χ3n) is 2.93. The molecule has 18 heavy (non-hydrogen) atoms. The first-order valence-electron chi connectivity index (χ1n) is 6.35. The van der Waals surface area contributed by atoms with E-state index in [0.29, 0.717) is 57.4 Å². The van der Waals surface area contributed by atoms with Crippen molar-refractivity contribution in [3.63, 3.8) is 0 Å². The highest BCUT2D eigenvalue weighted by Gasteiger charge is 2.08. The van der Waals surface area contributed by atoms with Gasteiger partial charge in [-0.3, -0.25) is 9.59 Å². The minimum Gasteiger partial charge on any atom is -0.465 e. The Labute approximate surface area is 107 Å². The first kappa shape index (κ1) is 14.5. The SMILES string of the molecule is C/C1=C(/N)CCOC(=O)CCCCC(=O)OCC1. The van der Waals surface area contributed by atoms with Crippen LogP contribution >= 0.6 is 0 Å². The standard InChI is InChI=1S/C13H21NO4/c1-10-6-8-17-12(15)4-2-3-5-13(16)18-9-7-11(10)14/h2-9,14H2,1H3/b11-10-. The molecule has 5 nitrogen and oxygen atoms in total. The molecule has 0 aromatic carbocycles. The summed E-state index contributed by atoms with van der Waals surface area (Å²) in [5.74, 6) is -0.447. The van der Waals surface area contributed by atoms with Gasteiger partial charge in [-0.05, 0) is 19.8 Å². The Balaban J connectivity index is 2.54. The lowest BCUT2D eigenvalue weighted by Crippen LogP contribution is -2.13. The van der Waals surface area contributed by atoms with Crippen LogP contribution in [0, 0.1) is 0 Å². The van der Waals surface area contributed by atoms with Gasteiger partial charge in [-0.2, -0.15) is 0 Å². The van der Waals surface area contributed by atoms with Crippen molar-refractivity contribution in [2.45, 2.75) is 45.4 Å². The molecule has 0 saturated heterocycles. The van der Waals surface area contributed by atoms with E-state index in [4.69, 9.17) is 15.2 Å². The van der Waals surface area contributed by atoms with Crippen molar-refractivity contribution < 1.29 is 19.1 Å². The summed E-state index contributed by atoms with van der Waals surface area (Å²) in [5.41, 5.74) is 7.54. The van der Waals surface area contributed by atoms with Crippen LogP contribution in [0.15, 0.2) is 11.3 Å². The molecule has 0 bridgehead atoms. The lowest BCUT2D eigenvalue weighted by molar-refractivity contribution is -0.146. The second-order valence-electron chi connectivity index (χ2n) is 4.45. The topological polar surface area (TPSA) is 78.6 Å². The minimum atomic E-state index is -0.231. The van der Waals surface area contributed by atoms with Crippen LogP contribution in [0.25, 0.3) is 0 Å². The van der Waals surface area contributed by atoms with Gasteiger partial charge in [-0.1, -0.05) is 5.57 Å². The molecule has 0 fully saturated rings. The highest BCUT2D eigenvalue weighted by Crippen LogP contribution is 2.10. The van der Waals surface area contributed by atoms with Crippen molar-refractivity contribution in [3.05, 3.63) is 11.3 Å². The monoisotopic (exact) mass is 255 g/mol. The van der Waals surface area contributed by atoms with Gasteiger partial charge in [0.15, 0.2) is 0 Å². The van der Waals surface area contributed by atoms with Crippen LogP contribution in [-0.4, -0.2) is 25.2 Å². The molecule has 102 valence electrons. The van der Waals surface area contributed by atoms with Crippen molar-refractivity contribution in [3.8, 4) is 0 Å². The van der Waals surface area contributed by atoms with Crippen LogP contribution in [0.5, 0.6) is 0 Å². The Morgan fingerprint density at radius 2 is 1.39 bits per heavy atom. The number of cyclic esters (lactones) is 2. The van der Waals surface area contributed by atoms with E-state index < -0.39 is 0 Å². The molecule has 0 spiro atoms. The normalized spacial score (nSPS) is 24.9. The fourth-order valence-electron chi connectivity index (χ4n) is 1.65. The first-order chi connectivity index (χ1) is 8.59. The quantitative estimate of drug-likeness (QED) is 0.666. The fraction of sp³-hybridized carbons (Fsp3) is 0.692. The number of carbonyl (C=O) groups excluding carboxylic acids is 2. The van der Waals surface area contributed by atoms with Gasteiger partial charge in [0.25, 0.3) is 0 Å². The third-order valence-corrected chi connectivity index (χ3v) is 2.93. The molecule has 0 aliphatic carbocycles. The van der Waals surface area contributed by atoms with E-state index in [9.17, 15) is 9.59 Å². The van der Waals surface area contributed by atoms with Crippen molar-refractivity contribution in [1.82, 2.24) is 0 Å². The van der Waals surface area contributed by atoms with E-state index in [2.05, 4.69) is 0 Å². The number of rotatable bonds is 0. The van der Waals surface area contributed by atoms with Crippen LogP contribution in [0.2, 0.25) is 0 Å². The van der Waals surface area contributed by atoms with Crippen molar-refractivity contribution in [2.24, 2.45) is 5.73 Å². The molecule has 5 heteroatoms. The van der Waals surface area contributed by atoms with Gasteiger partial charge < -0.3 is 15.2 Å². The molecule has 0 aromatic heterocycles. The van der Waals surface area contributed by atoms with Crippen molar-refractivity contribution in [2.75, 3.05) is 13.2 Å². The summed E-state index contributed by atoms with van der Waals surface area (Å²) in [4.78, 5) is 22.7. The molecular formula is C13H21NO4. The molecule has 2 N–H and O–H groups in total. The van der Waals surface area contributed by atoms with Crippen LogP contribution < -0.4 is 5.73 Å². The molecule has 0 atom stereocenters. The Morgan fingerprint density at radius 3 is 1.94 bits per heavy atom. The Bertz CT molecular complexity index is 304. The Morgan fingerprint density at radius 1 is 0.889 bits per heavy atom.